The summed E-state index contributed by atoms with van der Waals surface area (Å²) >= 11 is 13.0. The zero-order chi connectivity index (χ0) is 27.7. The number of benzene rings is 3. The molecule has 0 unspecified atom stereocenters. The van der Waals surface area contributed by atoms with E-state index in [0.717, 1.165) is 17.5 Å². The van der Waals surface area contributed by atoms with Gasteiger partial charge in [-0.05, 0) is 48.6 Å². The zero-order valence-electron chi connectivity index (χ0n) is 22.4. The smallest absolute Gasteiger partial charge is 0.261 e. The third kappa shape index (κ3) is 7.99. The zero-order valence-corrected chi connectivity index (χ0v) is 23.9. The Balaban J connectivity index is 1.98. The number of para-hydroxylation sites is 1. The van der Waals surface area contributed by atoms with Crippen molar-refractivity contribution in [2.75, 3.05) is 6.61 Å². The van der Waals surface area contributed by atoms with Gasteiger partial charge >= 0.3 is 0 Å². The first-order valence-electron chi connectivity index (χ1n) is 13.0. The number of hydrogen-bond donors (Lipinski definition) is 1. The molecule has 1 N–H and O–H groups in total. The molecule has 38 heavy (non-hydrogen) atoms. The lowest BCUT2D eigenvalue weighted by atomic mass is 10.0. The third-order valence-electron chi connectivity index (χ3n) is 6.55. The van der Waals surface area contributed by atoms with Gasteiger partial charge in [-0.25, -0.2) is 0 Å². The minimum atomic E-state index is -0.796. The molecule has 0 spiro atoms. The Labute approximate surface area is 236 Å². The fourth-order valence-corrected chi connectivity index (χ4v) is 4.68. The summed E-state index contributed by atoms with van der Waals surface area (Å²) in [6.45, 7) is 7.94. The molecule has 0 aliphatic carbocycles. The minimum Gasteiger partial charge on any atom is -0.483 e. The standard InChI is InChI=1S/C31H36Cl2N2O3/c1-5-22(4)34-31(37)28(18-23-12-7-6-8-13-23)35(19-25-26(32)15-11-16-27(25)33)30(36)20-38-29-17-10-9-14-24(29)21(2)3/h6-17,21-22,28H,5,18-20H2,1-4H3,(H,34,37)/t22-,28-/m1/s1. The van der Waals surface area contributed by atoms with Crippen LogP contribution in [0.2, 0.25) is 10.0 Å². The summed E-state index contributed by atoms with van der Waals surface area (Å²) in [5.74, 6) is 0.309. The van der Waals surface area contributed by atoms with Gasteiger partial charge < -0.3 is 15.0 Å². The second-order valence-electron chi connectivity index (χ2n) is 9.73. The number of hydrogen-bond acceptors (Lipinski definition) is 3. The molecule has 0 aliphatic rings. The average molecular weight is 556 g/mol. The minimum absolute atomic E-state index is 0.0456. The summed E-state index contributed by atoms with van der Waals surface area (Å²) in [6, 6.07) is 21.7. The van der Waals surface area contributed by atoms with E-state index in [-0.39, 0.29) is 36.9 Å². The highest BCUT2D eigenvalue weighted by Crippen LogP contribution is 2.28. The van der Waals surface area contributed by atoms with Gasteiger partial charge in [0.2, 0.25) is 5.91 Å². The van der Waals surface area contributed by atoms with E-state index in [0.29, 0.717) is 27.8 Å². The Morgan fingerprint density at radius 1 is 0.895 bits per heavy atom. The first-order chi connectivity index (χ1) is 18.2. The fraction of sp³-hybridized carbons (Fsp3) is 0.355. The first-order valence-corrected chi connectivity index (χ1v) is 13.7. The first kappa shape index (κ1) is 29.5. The van der Waals surface area contributed by atoms with E-state index in [4.69, 9.17) is 27.9 Å². The second kappa shape index (κ2) is 14.2. The molecule has 202 valence electrons. The maximum Gasteiger partial charge on any atom is 0.261 e. The van der Waals surface area contributed by atoms with Crippen molar-refractivity contribution < 1.29 is 14.3 Å². The molecule has 0 bridgehead atoms. The molecule has 0 heterocycles. The summed E-state index contributed by atoms with van der Waals surface area (Å²) in [4.78, 5) is 29.0. The van der Waals surface area contributed by atoms with Crippen LogP contribution in [0.1, 0.15) is 56.7 Å². The summed E-state index contributed by atoms with van der Waals surface area (Å²) in [7, 11) is 0. The van der Waals surface area contributed by atoms with Crippen LogP contribution in [0.4, 0.5) is 0 Å². The monoisotopic (exact) mass is 554 g/mol. The number of amides is 2. The van der Waals surface area contributed by atoms with Gasteiger partial charge in [0.1, 0.15) is 11.8 Å². The molecule has 5 nitrogen and oxygen atoms in total. The van der Waals surface area contributed by atoms with Crippen molar-refractivity contribution in [1.29, 1.82) is 0 Å². The number of ether oxygens (including phenoxy) is 1. The van der Waals surface area contributed by atoms with Crippen LogP contribution < -0.4 is 10.1 Å². The van der Waals surface area contributed by atoms with Crippen LogP contribution in [-0.4, -0.2) is 35.4 Å². The van der Waals surface area contributed by atoms with Crippen LogP contribution in [-0.2, 0) is 22.6 Å². The summed E-state index contributed by atoms with van der Waals surface area (Å²) < 4.78 is 6.03. The molecule has 3 rings (SSSR count). The van der Waals surface area contributed by atoms with Crippen molar-refractivity contribution in [3.05, 3.63) is 99.5 Å². The molecule has 0 aliphatic heterocycles. The molecule has 3 aromatic carbocycles. The topological polar surface area (TPSA) is 58.6 Å². The van der Waals surface area contributed by atoms with Gasteiger partial charge in [0.15, 0.2) is 6.61 Å². The molecule has 0 radical (unpaired) electrons. The van der Waals surface area contributed by atoms with E-state index in [1.807, 2.05) is 68.4 Å². The maximum absolute atomic E-state index is 13.9. The number of carbonyl (C=O) groups is 2. The molecule has 0 saturated carbocycles. The quantitative estimate of drug-likeness (QED) is 0.261. The highest BCUT2D eigenvalue weighted by atomic mass is 35.5. The molecule has 3 aromatic rings. The van der Waals surface area contributed by atoms with Gasteiger partial charge in [-0.1, -0.05) is 98.6 Å². The summed E-state index contributed by atoms with van der Waals surface area (Å²) in [5.41, 5.74) is 2.53. The Kier molecular flexibility index (Phi) is 11.1. The van der Waals surface area contributed by atoms with E-state index < -0.39 is 6.04 Å². The lowest BCUT2D eigenvalue weighted by Crippen LogP contribution is -2.53. The van der Waals surface area contributed by atoms with Crippen LogP contribution in [0, 0.1) is 0 Å². The molecule has 2 atom stereocenters. The van der Waals surface area contributed by atoms with Crippen LogP contribution >= 0.6 is 23.2 Å². The number of rotatable bonds is 12. The number of nitrogens with one attached hydrogen (secondary N) is 1. The van der Waals surface area contributed by atoms with E-state index >= 15 is 0 Å². The van der Waals surface area contributed by atoms with Gasteiger partial charge in [0.25, 0.3) is 5.91 Å². The second-order valence-corrected chi connectivity index (χ2v) is 10.5. The van der Waals surface area contributed by atoms with Crippen molar-refractivity contribution in [3.8, 4) is 5.75 Å². The summed E-state index contributed by atoms with van der Waals surface area (Å²) in [5, 5.41) is 3.92. The van der Waals surface area contributed by atoms with Crippen molar-refractivity contribution in [3.63, 3.8) is 0 Å². The van der Waals surface area contributed by atoms with Crippen LogP contribution in [0.5, 0.6) is 5.75 Å². The molecular weight excluding hydrogens is 519 g/mol. The van der Waals surface area contributed by atoms with E-state index in [2.05, 4.69) is 19.2 Å². The van der Waals surface area contributed by atoms with Gasteiger partial charge in [0, 0.05) is 34.6 Å². The van der Waals surface area contributed by atoms with Crippen molar-refractivity contribution in [2.24, 2.45) is 0 Å². The Morgan fingerprint density at radius 2 is 1.53 bits per heavy atom. The van der Waals surface area contributed by atoms with Crippen LogP contribution in [0.15, 0.2) is 72.8 Å². The van der Waals surface area contributed by atoms with Crippen molar-refractivity contribution in [1.82, 2.24) is 10.2 Å². The van der Waals surface area contributed by atoms with Gasteiger partial charge in [-0.2, -0.15) is 0 Å². The van der Waals surface area contributed by atoms with Gasteiger partial charge in [-0.15, -0.1) is 0 Å². The number of halogens is 2. The van der Waals surface area contributed by atoms with E-state index in [1.54, 1.807) is 18.2 Å². The van der Waals surface area contributed by atoms with E-state index in [9.17, 15) is 9.59 Å². The SMILES string of the molecule is CC[C@@H](C)NC(=O)[C@@H](Cc1ccccc1)N(Cc1c(Cl)cccc1Cl)C(=O)COc1ccccc1C(C)C. The normalized spacial score (nSPS) is 12.6. The van der Waals surface area contributed by atoms with Crippen LogP contribution in [0.3, 0.4) is 0 Å². The van der Waals surface area contributed by atoms with E-state index in [1.165, 1.54) is 4.90 Å². The lowest BCUT2D eigenvalue weighted by molar-refractivity contribution is -0.143. The Bertz CT molecular complexity index is 1200. The third-order valence-corrected chi connectivity index (χ3v) is 7.26. The lowest BCUT2D eigenvalue weighted by Gasteiger charge is -2.32. The Morgan fingerprint density at radius 3 is 2.16 bits per heavy atom. The van der Waals surface area contributed by atoms with Gasteiger partial charge in [0.05, 0.1) is 0 Å². The van der Waals surface area contributed by atoms with Crippen molar-refractivity contribution in [2.45, 2.75) is 65.1 Å². The molecule has 0 saturated heterocycles. The predicted molar refractivity (Wildman–Crippen MR) is 155 cm³/mol. The van der Waals surface area contributed by atoms with Gasteiger partial charge in [-0.3, -0.25) is 9.59 Å². The molecule has 2 amide bonds. The Hall–Kier alpha value is -3.02. The molecule has 0 aromatic heterocycles. The molecule has 7 heteroatoms. The summed E-state index contributed by atoms with van der Waals surface area (Å²) in [6.07, 6.45) is 1.10. The maximum atomic E-state index is 13.9. The average Bonchev–Trinajstić information content (AvgIpc) is 2.91. The predicted octanol–water partition coefficient (Wildman–Crippen LogP) is 7.05. The number of nitrogens with zero attached hydrogens (tertiary/aromatic N) is 1. The largest absolute Gasteiger partial charge is 0.483 e. The van der Waals surface area contributed by atoms with Crippen LogP contribution in [0.25, 0.3) is 0 Å². The fourth-order valence-electron chi connectivity index (χ4n) is 4.16. The van der Waals surface area contributed by atoms with Crippen molar-refractivity contribution >= 4 is 35.0 Å². The number of carbonyl (C=O) groups excluding carboxylic acids is 2. The highest BCUT2D eigenvalue weighted by molar-refractivity contribution is 6.36. The molecular formula is C31H36Cl2N2O3. The highest BCUT2D eigenvalue weighted by Gasteiger charge is 2.32. The molecule has 0 fully saturated rings.